The molecule has 1 atom stereocenters. The van der Waals surface area contributed by atoms with E-state index in [1.807, 2.05) is 48.1 Å². The fraction of sp³-hybridized carbons (Fsp3) is 0.423. The van der Waals surface area contributed by atoms with Gasteiger partial charge < -0.3 is 24.0 Å². The number of rotatable bonds is 13. The van der Waals surface area contributed by atoms with Crippen LogP contribution in [0.1, 0.15) is 65.0 Å². The van der Waals surface area contributed by atoms with Gasteiger partial charge in [0.05, 0.1) is 22.8 Å². The molecule has 3 saturated heterocycles. The van der Waals surface area contributed by atoms with Crippen LogP contribution in [0, 0.1) is 25.6 Å². The van der Waals surface area contributed by atoms with Crippen molar-refractivity contribution in [3.8, 4) is 16.9 Å². The van der Waals surface area contributed by atoms with Crippen LogP contribution in [0.15, 0.2) is 72.9 Å². The second kappa shape index (κ2) is 18.5. The van der Waals surface area contributed by atoms with E-state index in [1.54, 1.807) is 17.0 Å². The molecule has 66 heavy (non-hydrogen) atoms. The third-order valence-electron chi connectivity index (χ3n) is 14.6. The summed E-state index contributed by atoms with van der Waals surface area (Å²) in [5.41, 5.74) is 9.34. The number of hydrogen-bond acceptors (Lipinski definition) is 8. The van der Waals surface area contributed by atoms with Crippen LogP contribution in [0.4, 0.5) is 10.1 Å². The molecule has 0 aliphatic carbocycles. The normalized spacial score (nSPS) is 18.8. The number of carbonyl (C=O) groups is 3. The SMILES string of the molecule is Cc1nn(C)c(C)c1-c1c(Cl)ccc2c(CCCOc3cccc4cc(F)ccc34)cn(CCN3CCC(CN4CCN(c5ccc6c(c5)CN([C@H]5CCC(=O)NC5=O)C6=O)CC4)CC3)c12. The average Bonchev–Trinajstić information content (AvgIpc) is 3.92. The van der Waals surface area contributed by atoms with E-state index in [-0.39, 0.29) is 30.0 Å². The van der Waals surface area contributed by atoms with E-state index in [0.29, 0.717) is 31.1 Å². The minimum atomic E-state index is -0.601. The first-order valence-corrected chi connectivity index (χ1v) is 24.0. The minimum absolute atomic E-state index is 0.132. The van der Waals surface area contributed by atoms with Crippen LogP contribution < -0.4 is 15.0 Å². The van der Waals surface area contributed by atoms with Crippen LogP contribution in [-0.4, -0.2) is 112 Å². The molecule has 3 fully saturated rings. The number of piperidine rings is 2. The molecule has 4 aliphatic heterocycles. The Hall–Kier alpha value is -5.76. The molecule has 3 amide bonds. The highest BCUT2D eigenvalue weighted by atomic mass is 35.5. The Labute approximate surface area is 390 Å². The van der Waals surface area contributed by atoms with Gasteiger partial charge in [0.15, 0.2) is 0 Å². The summed E-state index contributed by atoms with van der Waals surface area (Å²) in [5.74, 6) is 0.396. The van der Waals surface area contributed by atoms with Gasteiger partial charge in [-0.05, 0) is 130 Å². The minimum Gasteiger partial charge on any atom is -0.493 e. The van der Waals surface area contributed by atoms with Gasteiger partial charge in [-0.1, -0.05) is 29.8 Å². The van der Waals surface area contributed by atoms with E-state index < -0.39 is 6.04 Å². The number of aromatic nitrogens is 3. The first-order valence-electron chi connectivity index (χ1n) is 23.6. The van der Waals surface area contributed by atoms with Gasteiger partial charge in [-0.2, -0.15) is 5.10 Å². The standard InChI is InChI=1S/C52H58ClFN8O4/c1-33-48(34(2)57(3)56-33)49-44(53)14-13-42-37(7-5-27-66-46-8-4-6-36-28-39(54)9-11-41(36)46)31-61(50(42)49)26-21-58-19-17-35(18-20-58)30-59-22-24-60(25-23-59)40-10-12-43-38(29-40)32-62(52(43)65)45-15-16-47(63)55-51(45)64/h4,6,8-14,28-29,31,35,45H,5,7,15-27,30,32H2,1-3H3,(H,55,63,64)/t45-/m0/s1. The zero-order valence-electron chi connectivity index (χ0n) is 38.1. The Kier molecular flexibility index (Phi) is 12.4. The lowest BCUT2D eigenvalue weighted by atomic mass is 9.96. The molecule has 0 saturated carbocycles. The maximum atomic E-state index is 13.9. The van der Waals surface area contributed by atoms with Gasteiger partial charge in [0.25, 0.3) is 5.91 Å². The molecule has 10 rings (SSSR count). The van der Waals surface area contributed by atoms with Gasteiger partial charge >= 0.3 is 0 Å². The molecule has 12 nitrogen and oxygen atoms in total. The third kappa shape index (κ3) is 8.68. The molecule has 1 N–H and O–H groups in total. The summed E-state index contributed by atoms with van der Waals surface area (Å²) < 4.78 is 24.6. The van der Waals surface area contributed by atoms with Crippen LogP contribution in [0.3, 0.4) is 0 Å². The molecular formula is C52H58ClFN8O4. The highest BCUT2D eigenvalue weighted by Gasteiger charge is 2.39. The van der Waals surface area contributed by atoms with Crippen molar-refractivity contribution in [1.82, 2.24) is 34.4 Å². The predicted octanol–water partition coefficient (Wildman–Crippen LogP) is 7.91. The van der Waals surface area contributed by atoms with Gasteiger partial charge in [0, 0.05) is 111 Å². The lowest BCUT2D eigenvalue weighted by molar-refractivity contribution is -0.136. The molecule has 2 aromatic heterocycles. The summed E-state index contributed by atoms with van der Waals surface area (Å²) >= 11 is 7.13. The summed E-state index contributed by atoms with van der Waals surface area (Å²) in [6.07, 6.45) is 6.97. The Morgan fingerprint density at radius 3 is 2.44 bits per heavy atom. The largest absolute Gasteiger partial charge is 0.493 e. The number of likely N-dealkylation sites (tertiary alicyclic amines) is 1. The van der Waals surface area contributed by atoms with Crippen LogP contribution in [0.5, 0.6) is 5.75 Å². The first kappa shape index (κ1) is 44.1. The van der Waals surface area contributed by atoms with Gasteiger partial charge in [-0.15, -0.1) is 0 Å². The van der Waals surface area contributed by atoms with Crippen molar-refractivity contribution >= 4 is 56.7 Å². The second-order valence-corrected chi connectivity index (χ2v) is 19.1. The number of aryl methyl sites for hydroxylation is 3. The number of amides is 3. The highest BCUT2D eigenvalue weighted by molar-refractivity contribution is 6.35. The zero-order chi connectivity index (χ0) is 45.6. The van der Waals surface area contributed by atoms with E-state index in [1.165, 1.54) is 29.9 Å². The predicted molar refractivity (Wildman–Crippen MR) is 257 cm³/mol. The van der Waals surface area contributed by atoms with E-state index >= 15 is 0 Å². The summed E-state index contributed by atoms with van der Waals surface area (Å²) in [6.45, 7) is 14.0. The number of ether oxygens (including phenoxy) is 1. The lowest BCUT2D eigenvalue weighted by Crippen LogP contribution is -2.52. The number of imide groups is 1. The summed E-state index contributed by atoms with van der Waals surface area (Å²) in [7, 11) is 1.99. The highest BCUT2D eigenvalue weighted by Crippen LogP contribution is 2.41. The Balaban J connectivity index is 0.751. The summed E-state index contributed by atoms with van der Waals surface area (Å²) in [4.78, 5) is 46.7. The van der Waals surface area contributed by atoms with Gasteiger partial charge in [-0.25, -0.2) is 4.39 Å². The number of halogens is 2. The molecule has 0 spiro atoms. The van der Waals surface area contributed by atoms with Crippen LogP contribution in [0.25, 0.3) is 32.8 Å². The Bertz CT molecular complexity index is 2840. The number of anilines is 1. The number of benzene rings is 4. The molecule has 344 valence electrons. The van der Waals surface area contributed by atoms with Crippen LogP contribution >= 0.6 is 11.6 Å². The quantitative estimate of drug-likeness (QED) is 0.0921. The maximum Gasteiger partial charge on any atom is 0.255 e. The average molecular weight is 914 g/mol. The Morgan fingerprint density at radius 1 is 0.864 bits per heavy atom. The summed E-state index contributed by atoms with van der Waals surface area (Å²) in [6, 6.07) is 20.3. The van der Waals surface area contributed by atoms with Crippen molar-refractivity contribution in [2.75, 3.05) is 63.9 Å². The van der Waals surface area contributed by atoms with E-state index in [9.17, 15) is 18.8 Å². The number of piperazine rings is 1. The monoisotopic (exact) mass is 912 g/mol. The lowest BCUT2D eigenvalue weighted by Gasteiger charge is -2.39. The van der Waals surface area contributed by atoms with Crippen LogP contribution in [0.2, 0.25) is 5.02 Å². The third-order valence-corrected chi connectivity index (χ3v) is 14.9. The van der Waals surface area contributed by atoms with E-state index in [0.717, 1.165) is 133 Å². The number of hydrogen-bond donors (Lipinski definition) is 1. The van der Waals surface area contributed by atoms with Crippen LogP contribution in [-0.2, 0) is 36.1 Å². The van der Waals surface area contributed by atoms with Gasteiger partial charge in [-0.3, -0.25) is 29.3 Å². The molecule has 0 radical (unpaired) electrons. The van der Waals surface area contributed by atoms with Crippen molar-refractivity contribution in [3.63, 3.8) is 0 Å². The van der Waals surface area contributed by atoms with Crippen molar-refractivity contribution in [2.45, 2.75) is 71.5 Å². The zero-order valence-corrected chi connectivity index (χ0v) is 38.9. The molecule has 6 aromatic rings. The van der Waals surface area contributed by atoms with Crippen molar-refractivity contribution < 1.29 is 23.5 Å². The molecule has 0 bridgehead atoms. The molecule has 6 heterocycles. The van der Waals surface area contributed by atoms with E-state index in [2.05, 4.69) is 56.8 Å². The molecule has 0 unspecified atom stereocenters. The summed E-state index contributed by atoms with van der Waals surface area (Å²) in [5, 5.41) is 10.8. The molecule has 4 aromatic carbocycles. The van der Waals surface area contributed by atoms with Crippen molar-refractivity contribution in [3.05, 3.63) is 112 Å². The van der Waals surface area contributed by atoms with Crippen molar-refractivity contribution in [1.29, 1.82) is 0 Å². The fourth-order valence-electron chi connectivity index (χ4n) is 10.9. The topological polar surface area (TPSA) is 108 Å². The van der Waals surface area contributed by atoms with Gasteiger partial charge in [0.2, 0.25) is 11.8 Å². The molecular weight excluding hydrogens is 855 g/mol. The van der Waals surface area contributed by atoms with E-state index in [4.69, 9.17) is 21.4 Å². The number of fused-ring (bicyclic) bond motifs is 3. The number of nitrogens with one attached hydrogen (secondary N) is 1. The second-order valence-electron chi connectivity index (χ2n) is 18.7. The molecule has 4 aliphatic rings. The first-order chi connectivity index (χ1) is 32.0. The van der Waals surface area contributed by atoms with Crippen molar-refractivity contribution in [2.24, 2.45) is 13.0 Å². The maximum absolute atomic E-state index is 13.9. The number of carbonyl (C=O) groups excluding carboxylic acids is 3. The van der Waals surface area contributed by atoms with Gasteiger partial charge in [0.1, 0.15) is 17.6 Å². The Morgan fingerprint density at radius 2 is 1.67 bits per heavy atom. The number of nitrogens with zero attached hydrogens (tertiary/aromatic N) is 7. The molecule has 14 heteroatoms. The smallest absolute Gasteiger partial charge is 0.255 e. The fourth-order valence-corrected chi connectivity index (χ4v) is 11.2.